The Morgan fingerprint density at radius 3 is 2.65 bits per heavy atom. The van der Waals surface area contributed by atoms with E-state index in [-0.39, 0.29) is 11.4 Å². The minimum Gasteiger partial charge on any atom is -0.481 e. The van der Waals surface area contributed by atoms with Crippen LogP contribution in [-0.4, -0.2) is 17.1 Å². The number of hydrogen-bond donors (Lipinski definition) is 2. The molecule has 3 nitrogen and oxygen atoms in total. The summed E-state index contributed by atoms with van der Waals surface area (Å²) < 4.78 is 13.0. The summed E-state index contributed by atoms with van der Waals surface area (Å²) in [4.78, 5) is 10.9. The summed E-state index contributed by atoms with van der Waals surface area (Å²) in [5.41, 5.74) is 5.57. The molecule has 0 saturated carbocycles. The van der Waals surface area contributed by atoms with Gasteiger partial charge in [0.25, 0.3) is 0 Å². The second-order valence-corrected chi connectivity index (χ2v) is 4.81. The molecule has 0 heterocycles. The lowest BCUT2D eigenvalue weighted by Gasteiger charge is -2.33. The molecular weight excluding hydrogens is 245 g/mol. The smallest absolute Gasteiger partial charge is 0.304 e. The third-order valence-electron chi connectivity index (χ3n) is 3.07. The van der Waals surface area contributed by atoms with Gasteiger partial charge in [-0.3, -0.25) is 4.79 Å². The molecule has 0 saturated heterocycles. The van der Waals surface area contributed by atoms with Crippen molar-refractivity contribution in [2.45, 2.75) is 31.7 Å². The van der Waals surface area contributed by atoms with Crippen molar-refractivity contribution in [2.24, 2.45) is 5.73 Å². The molecule has 3 N–H and O–H groups in total. The van der Waals surface area contributed by atoms with Crippen LogP contribution in [0.5, 0.6) is 0 Å². The van der Waals surface area contributed by atoms with Gasteiger partial charge in [0.05, 0.1) is 6.42 Å². The van der Waals surface area contributed by atoms with Gasteiger partial charge in [-0.15, -0.1) is 0 Å². The van der Waals surface area contributed by atoms with E-state index in [1.165, 1.54) is 18.2 Å². The topological polar surface area (TPSA) is 63.3 Å². The van der Waals surface area contributed by atoms with Crippen molar-refractivity contribution in [1.29, 1.82) is 0 Å². The van der Waals surface area contributed by atoms with Gasteiger partial charge in [0, 0.05) is 16.5 Å². The Kier molecular flexibility index (Phi) is 4.11. The van der Waals surface area contributed by atoms with Crippen molar-refractivity contribution in [3.63, 3.8) is 0 Å². The summed E-state index contributed by atoms with van der Waals surface area (Å²) in [5, 5.41) is 9.13. The largest absolute Gasteiger partial charge is 0.481 e. The van der Waals surface area contributed by atoms with E-state index in [4.69, 9.17) is 22.4 Å². The van der Waals surface area contributed by atoms with Gasteiger partial charge in [0.1, 0.15) is 5.82 Å². The van der Waals surface area contributed by atoms with Gasteiger partial charge in [-0.1, -0.05) is 24.6 Å². The number of halogens is 2. The lowest BCUT2D eigenvalue weighted by Crippen LogP contribution is -2.42. The number of aliphatic carboxylic acids is 1. The lowest BCUT2D eigenvalue weighted by molar-refractivity contribution is -0.138. The van der Waals surface area contributed by atoms with Crippen molar-refractivity contribution in [1.82, 2.24) is 0 Å². The first-order chi connectivity index (χ1) is 7.77. The second kappa shape index (κ2) is 5.02. The van der Waals surface area contributed by atoms with E-state index >= 15 is 0 Å². The molecule has 17 heavy (non-hydrogen) atoms. The molecular formula is C12H15ClFNO2. The normalized spacial score (nSPS) is 16.3. The Hall–Kier alpha value is -1.13. The molecule has 1 aromatic carbocycles. The number of nitrogens with two attached hydrogens (primary N) is 1. The molecule has 0 bridgehead atoms. The van der Waals surface area contributed by atoms with Crippen LogP contribution in [0.1, 0.15) is 25.8 Å². The monoisotopic (exact) mass is 259 g/mol. The molecule has 0 aliphatic heterocycles. The van der Waals surface area contributed by atoms with Crippen molar-refractivity contribution in [3.05, 3.63) is 34.6 Å². The van der Waals surface area contributed by atoms with Crippen LogP contribution in [0.3, 0.4) is 0 Å². The minimum atomic E-state index is -0.967. The highest BCUT2D eigenvalue weighted by Gasteiger charge is 2.35. The molecule has 0 aliphatic carbocycles. The third-order valence-corrected chi connectivity index (χ3v) is 3.38. The molecule has 2 unspecified atom stereocenters. The first kappa shape index (κ1) is 13.9. The summed E-state index contributed by atoms with van der Waals surface area (Å²) in [5.74, 6) is -1.42. The number of benzene rings is 1. The predicted octanol–water partition coefficient (Wildman–Crippen LogP) is 2.56. The Labute approximate surface area is 104 Å². The fraction of sp³-hybridized carbons (Fsp3) is 0.417. The van der Waals surface area contributed by atoms with Crippen molar-refractivity contribution in [3.8, 4) is 0 Å². The molecule has 5 heteroatoms. The summed E-state index contributed by atoms with van der Waals surface area (Å²) in [6, 6.07) is 3.49. The van der Waals surface area contributed by atoms with Gasteiger partial charge in [-0.2, -0.15) is 0 Å². The number of carbonyl (C=O) groups is 1. The first-order valence-corrected chi connectivity index (χ1v) is 5.58. The van der Waals surface area contributed by atoms with Crippen LogP contribution in [0.15, 0.2) is 18.2 Å². The van der Waals surface area contributed by atoms with Crippen LogP contribution in [0.4, 0.5) is 4.39 Å². The van der Waals surface area contributed by atoms with Crippen LogP contribution in [0.25, 0.3) is 0 Å². The molecule has 0 spiro atoms. The highest BCUT2D eigenvalue weighted by Crippen LogP contribution is 2.35. The zero-order chi connectivity index (χ0) is 13.2. The van der Waals surface area contributed by atoms with E-state index in [1.54, 1.807) is 13.8 Å². The summed E-state index contributed by atoms with van der Waals surface area (Å²) in [6.45, 7) is 3.42. The van der Waals surface area contributed by atoms with Crippen molar-refractivity contribution >= 4 is 17.6 Å². The van der Waals surface area contributed by atoms with Gasteiger partial charge in [-0.05, 0) is 24.6 Å². The van der Waals surface area contributed by atoms with Gasteiger partial charge in [-0.25, -0.2) is 4.39 Å². The maximum Gasteiger partial charge on any atom is 0.304 e. The average Bonchev–Trinajstić information content (AvgIpc) is 2.15. The molecule has 0 aliphatic rings. The minimum absolute atomic E-state index is 0.157. The van der Waals surface area contributed by atoms with E-state index < -0.39 is 23.2 Å². The fourth-order valence-electron chi connectivity index (χ4n) is 1.77. The van der Waals surface area contributed by atoms with Gasteiger partial charge in [0.15, 0.2) is 0 Å². The van der Waals surface area contributed by atoms with E-state index in [0.717, 1.165) is 0 Å². The van der Waals surface area contributed by atoms with Gasteiger partial charge in [0.2, 0.25) is 0 Å². The van der Waals surface area contributed by atoms with E-state index in [9.17, 15) is 9.18 Å². The predicted molar refractivity (Wildman–Crippen MR) is 64.7 cm³/mol. The Morgan fingerprint density at radius 2 is 2.24 bits per heavy atom. The first-order valence-electron chi connectivity index (χ1n) is 5.20. The highest BCUT2D eigenvalue weighted by atomic mass is 35.5. The van der Waals surface area contributed by atoms with Crippen LogP contribution >= 0.6 is 11.6 Å². The molecule has 94 valence electrons. The lowest BCUT2D eigenvalue weighted by atomic mass is 9.74. The Bertz CT molecular complexity index is 437. The number of carboxylic acid groups (broad SMARTS) is 1. The van der Waals surface area contributed by atoms with Gasteiger partial charge < -0.3 is 10.8 Å². The maximum absolute atomic E-state index is 13.0. The number of rotatable bonds is 4. The second-order valence-electron chi connectivity index (χ2n) is 4.40. The molecule has 0 aromatic heterocycles. The summed E-state index contributed by atoms with van der Waals surface area (Å²) >= 11 is 5.95. The van der Waals surface area contributed by atoms with E-state index in [2.05, 4.69) is 0 Å². The summed E-state index contributed by atoms with van der Waals surface area (Å²) in [6.07, 6.45) is -0.157. The maximum atomic E-state index is 13.0. The zero-order valence-corrected chi connectivity index (χ0v) is 10.5. The summed E-state index contributed by atoms with van der Waals surface area (Å²) in [7, 11) is 0. The van der Waals surface area contributed by atoms with E-state index in [0.29, 0.717) is 5.56 Å². The third kappa shape index (κ3) is 2.96. The fourth-order valence-corrected chi connectivity index (χ4v) is 2.15. The van der Waals surface area contributed by atoms with Crippen LogP contribution in [0.2, 0.25) is 5.02 Å². The highest BCUT2D eigenvalue weighted by molar-refractivity contribution is 6.31. The quantitative estimate of drug-likeness (QED) is 0.873. The van der Waals surface area contributed by atoms with Crippen LogP contribution in [0, 0.1) is 5.82 Å². The molecule has 0 fully saturated rings. The van der Waals surface area contributed by atoms with Crippen LogP contribution in [-0.2, 0) is 10.2 Å². The molecule has 2 atom stereocenters. The molecule has 0 amide bonds. The Morgan fingerprint density at radius 1 is 1.65 bits per heavy atom. The standard InChI is InChI=1S/C12H15ClFNO2/c1-7(15)12(2,6-11(16)17)9-4-3-8(14)5-10(9)13/h3-5,7H,6,15H2,1-2H3,(H,16,17). The SMILES string of the molecule is CC(N)C(C)(CC(=O)O)c1ccc(F)cc1Cl. The van der Waals surface area contributed by atoms with Crippen LogP contribution < -0.4 is 5.73 Å². The Balaban J connectivity index is 3.27. The average molecular weight is 260 g/mol. The zero-order valence-electron chi connectivity index (χ0n) is 9.71. The van der Waals surface area contributed by atoms with Crippen molar-refractivity contribution in [2.75, 3.05) is 0 Å². The molecule has 1 aromatic rings. The number of carboxylic acids is 1. The van der Waals surface area contributed by atoms with Crippen molar-refractivity contribution < 1.29 is 14.3 Å². The number of hydrogen-bond acceptors (Lipinski definition) is 2. The molecule has 1 rings (SSSR count). The van der Waals surface area contributed by atoms with E-state index in [1.807, 2.05) is 0 Å². The molecule has 0 radical (unpaired) electrons. The van der Waals surface area contributed by atoms with Gasteiger partial charge >= 0.3 is 5.97 Å².